The van der Waals surface area contributed by atoms with Crippen LogP contribution in [0.1, 0.15) is 48.8 Å². The van der Waals surface area contributed by atoms with E-state index in [0.29, 0.717) is 12.1 Å². The summed E-state index contributed by atoms with van der Waals surface area (Å²) in [6.45, 7) is 5.59. The van der Waals surface area contributed by atoms with Crippen molar-refractivity contribution in [1.82, 2.24) is 36.1 Å². The Hall–Kier alpha value is -5.33. The first-order chi connectivity index (χ1) is 23.0. The number of amides is 5. The second kappa shape index (κ2) is 17.0. The van der Waals surface area contributed by atoms with E-state index < -0.39 is 60.1 Å². The van der Waals surface area contributed by atoms with Crippen molar-refractivity contribution in [3.63, 3.8) is 0 Å². The molecule has 0 spiro atoms. The number of carbonyl (C=O) groups is 5. The largest absolute Gasteiger partial charge is 0.491 e. The van der Waals surface area contributed by atoms with Gasteiger partial charge in [0.1, 0.15) is 30.5 Å². The third kappa shape index (κ3) is 9.84. The molecule has 0 saturated heterocycles. The molecular formula is C35H43N7O6. The van der Waals surface area contributed by atoms with Gasteiger partial charge in [-0.1, -0.05) is 56.3 Å². The smallest absolute Gasteiger partial charge is 0.255 e. The summed E-state index contributed by atoms with van der Waals surface area (Å²) in [6.07, 6.45) is 4.78. The molecule has 5 amide bonds. The molecule has 0 radical (unpaired) electrons. The molecule has 0 aliphatic carbocycles. The molecule has 4 N–H and O–H groups in total. The number of nitrogens with zero attached hydrogens (tertiary/aromatic N) is 3. The van der Waals surface area contributed by atoms with Gasteiger partial charge in [-0.3, -0.25) is 33.9 Å². The summed E-state index contributed by atoms with van der Waals surface area (Å²) in [4.78, 5) is 77.8. The Morgan fingerprint density at radius 1 is 0.979 bits per heavy atom. The van der Waals surface area contributed by atoms with Crippen LogP contribution in [0.2, 0.25) is 0 Å². The highest BCUT2D eigenvalue weighted by Crippen LogP contribution is 2.19. The van der Waals surface area contributed by atoms with Crippen molar-refractivity contribution in [2.24, 2.45) is 5.92 Å². The lowest BCUT2D eigenvalue weighted by Gasteiger charge is -2.31. The van der Waals surface area contributed by atoms with Crippen LogP contribution in [0.15, 0.2) is 73.2 Å². The van der Waals surface area contributed by atoms with Crippen molar-refractivity contribution in [1.29, 1.82) is 0 Å². The van der Waals surface area contributed by atoms with E-state index in [9.17, 15) is 24.0 Å². The van der Waals surface area contributed by atoms with Gasteiger partial charge in [-0.05, 0) is 30.5 Å². The van der Waals surface area contributed by atoms with Crippen LogP contribution in [-0.4, -0.2) is 88.8 Å². The first kappa shape index (κ1) is 35.5. The Kier molecular flexibility index (Phi) is 12.6. The highest BCUT2D eigenvalue weighted by atomic mass is 16.5. The number of para-hydroxylation sites is 1. The summed E-state index contributed by atoms with van der Waals surface area (Å²) >= 11 is 0. The molecule has 2 aromatic carbocycles. The van der Waals surface area contributed by atoms with Crippen molar-refractivity contribution >= 4 is 29.5 Å². The molecule has 4 rings (SSSR count). The summed E-state index contributed by atoms with van der Waals surface area (Å²) in [5, 5.41) is 11.2. The van der Waals surface area contributed by atoms with Crippen LogP contribution in [0.5, 0.6) is 5.75 Å². The predicted molar refractivity (Wildman–Crippen MR) is 178 cm³/mol. The molecule has 1 aromatic heterocycles. The lowest BCUT2D eigenvalue weighted by Crippen LogP contribution is -2.58. The Morgan fingerprint density at radius 3 is 2.42 bits per heavy atom. The lowest BCUT2D eigenvalue weighted by atomic mass is 9.99. The zero-order valence-corrected chi connectivity index (χ0v) is 27.6. The fourth-order valence-corrected chi connectivity index (χ4v) is 5.23. The number of aromatic nitrogens is 2. The van der Waals surface area contributed by atoms with Crippen molar-refractivity contribution in [2.45, 2.75) is 64.2 Å². The standard InChI is InChI=1S/C35H43N7O6/c1-22(2)31-35(47)39-23(3)21-48-29-13-9-8-12-26(29)32(44)40-27(33(45)38-15-14-25-20-36-16-17-37-25)19-30(43)42(4)28(34(46)41-31)18-24-10-6-5-7-11-24/h5-13,16-17,20,22-23,27-28,31H,14-15,18-19,21H2,1-4H3,(H,38,45)(H,39,47)(H,40,44)(H,41,46)/t23-,27-,28-,31+/m0/s1. The molecule has 1 aliphatic heterocycles. The highest BCUT2D eigenvalue weighted by molar-refractivity contribution is 6.01. The van der Waals surface area contributed by atoms with E-state index in [1.165, 1.54) is 11.9 Å². The predicted octanol–water partition coefficient (Wildman–Crippen LogP) is 1.43. The van der Waals surface area contributed by atoms with Gasteiger partial charge >= 0.3 is 0 Å². The van der Waals surface area contributed by atoms with E-state index in [-0.39, 0.29) is 36.8 Å². The van der Waals surface area contributed by atoms with Crippen LogP contribution < -0.4 is 26.0 Å². The first-order valence-electron chi connectivity index (χ1n) is 16.0. The molecule has 48 heavy (non-hydrogen) atoms. The highest BCUT2D eigenvalue weighted by Gasteiger charge is 2.35. The monoisotopic (exact) mass is 657 g/mol. The normalized spacial score (nSPS) is 21.2. The van der Waals surface area contributed by atoms with Gasteiger partial charge in [0.05, 0.1) is 23.7 Å². The summed E-state index contributed by atoms with van der Waals surface area (Å²) in [5.74, 6) is -2.75. The number of carbonyl (C=O) groups excluding carboxylic acids is 5. The molecule has 13 heteroatoms. The Balaban J connectivity index is 1.67. The zero-order chi connectivity index (χ0) is 34.6. The molecule has 1 aliphatic rings. The topological polar surface area (TPSA) is 172 Å². The third-order valence-corrected chi connectivity index (χ3v) is 7.99. The van der Waals surface area contributed by atoms with Crippen molar-refractivity contribution < 1.29 is 28.7 Å². The van der Waals surface area contributed by atoms with Crippen molar-refractivity contribution in [3.8, 4) is 5.75 Å². The molecule has 254 valence electrons. The van der Waals surface area contributed by atoms with E-state index >= 15 is 0 Å². The number of hydrogen-bond acceptors (Lipinski definition) is 8. The Morgan fingerprint density at radius 2 is 1.71 bits per heavy atom. The summed E-state index contributed by atoms with van der Waals surface area (Å²) < 4.78 is 5.94. The van der Waals surface area contributed by atoms with E-state index in [2.05, 4.69) is 31.2 Å². The molecule has 2 heterocycles. The molecule has 3 aromatic rings. The van der Waals surface area contributed by atoms with Gasteiger partial charge < -0.3 is 30.9 Å². The third-order valence-electron chi connectivity index (χ3n) is 7.99. The van der Waals surface area contributed by atoms with Crippen LogP contribution in [0, 0.1) is 5.92 Å². The number of benzene rings is 2. The van der Waals surface area contributed by atoms with Gasteiger partial charge in [-0.2, -0.15) is 0 Å². The molecule has 0 bridgehead atoms. The van der Waals surface area contributed by atoms with E-state index in [0.717, 1.165) is 5.56 Å². The maximum atomic E-state index is 13.9. The van der Waals surface area contributed by atoms with E-state index in [1.807, 2.05) is 44.2 Å². The fourth-order valence-electron chi connectivity index (χ4n) is 5.23. The number of nitrogens with one attached hydrogen (secondary N) is 4. The van der Waals surface area contributed by atoms with Gasteiger partial charge in [0.15, 0.2) is 0 Å². The molecule has 0 unspecified atom stereocenters. The minimum Gasteiger partial charge on any atom is -0.491 e. The van der Waals surface area contributed by atoms with Crippen molar-refractivity contribution in [3.05, 3.63) is 90.0 Å². The number of likely N-dealkylation sites (N-methyl/N-ethyl adjacent to an activating group) is 1. The molecule has 13 nitrogen and oxygen atoms in total. The minimum atomic E-state index is -1.29. The fraction of sp³-hybridized carbons (Fsp3) is 0.400. The molecule has 4 atom stereocenters. The Bertz CT molecular complexity index is 1570. The first-order valence-corrected chi connectivity index (χ1v) is 16.0. The van der Waals surface area contributed by atoms with Crippen molar-refractivity contribution in [2.75, 3.05) is 20.2 Å². The average Bonchev–Trinajstić information content (AvgIpc) is 3.08. The van der Waals surface area contributed by atoms with Crippen LogP contribution >= 0.6 is 0 Å². The molecular weight excluding hydrogens is 614 g/mol. The number of ether oxygens (including phenoxy) is 1. The van der Waals surface area contributed by atoms with E-state index in [4.69, 9.17) is 4.74 Å². The van der Waals surface area contributed by atoms with E-state index in [1.54, 1.807) is 49.8 Å². The Labute approximate surface area is 280 Å². The van der Waals surface area contributed by atoms with Gasteiger partial charge in [0, 0.05) is 45.0 Å². The molecule has 0 fully saturated rings. The quantitative estimate of drug-likeness (QED) is 0.296. The van der Waals surface area contributed by atoms with Gasteiger partial charge in [0.2, 0.25) is 23.6 Å². The number of fused-ring (bicyclic) bond motifs is 1. The van der Waals surface area contributed by atoms with Crippen LogP contribution in [0.25, 0.3) is 0 Å². The number of rotatable bonds is 7. The van der Waals surface area contributed by atoms with Gasteiger partial charge in [0.25, 0.3) is 5.91 Å². The van der Waals surface area contributed by atoms with Gasteiger partial charge in [-0.25, -0.2) is 0 Å². The summed E-state index contributed by atoms with van der Waals surface area (Å²) in [6, 6.07) is 12.0. The minimum absolute atomic E-state index is 0.0267. The van der Waals surface area contributed by atoms with Crippen LogP contribution in [0.3, 0.4) is 0 Å². The maximum Gasteiger partial charge on any atom is 0.255 e. The van der Waals surface area contributed by atoms with Gasteiger partial charge in [-0.15, -0.1) is 0 Å². The summed E-state index contributed by atoms with van der Waals surface area (Å²) in [5.41, 5.74) is 1.61. The second-order valence-corrected chi connectivity index (χ2v) is 12.1. The average molecular weight is 658 g/mol. The van der Waals surface area contributed by atoms with Crippen LogP contribution in [-0.2, 0) is 32.0 Å². The maximum absolute atomic E-state index is 13.9. The summed E-state index contributed by atoms with van der Waals surface area (Å²) in [7, 11) is 1.48. The second-order valence-electron chi connectivity index (χ2n) is 12.1. The van der Waals surface area contributed by atoms with Crippen LogP contribution in [0.4, 0.5) is 0 Å². The lowest BCUT2D eigenvalue weighted by molar-refractivity contribution is -0.141. The molecule has 0 saturated carbocycles. The zero-order valence-electron chi connectivity index (χ0n) is 27.6. The SMILES string of the molecule is CC(C)[C@H]1NC(=O)[C@H](Cc2ccccc2)N(C)C(=O)C[C@@H](C(=O)NCCc2cnccn2)NC(=O)c2ccccc2OC[C@H](C)NC1=O. The number of hydrogen-bond donors (Lipinski definition) is 4.